The lowest BCUT2D eigenvalue weighted by atomic mass is 9.97. The summed E-state index contributed by atoms with van der Waals surface area (Å²) in [6.07, 6.45) is -5.45. The zero-order valence-electron chi connectivity index (χ0n) is 27.1. The summed E-state index contributed by atoms with van der Waals surface area (Å²) < 4.78 is 80.7. The molecule has 13 nitrogen and oxygen atoms in total. The average molecular weight is 714 g/mol. The SMILES string of the molecule is Cc1ccc(C(=O)N(OC(=O)C(F)(F)F)c2ccc3c(c2)OCO3)cc1-c1nc(NCCN(C)C)nc2c1CNC(=O)N2c1c(F)cccc1F. The van der Waals surface area contributed by atoms with Crippen molar-refractivity contribution in [1.82, 2.24) is 20.2 Å². The maximum atomic E-state index is 15.1. The second-order valence-electron chi connectivity index (χ2n) is 11.5. The van der Waals surface area contributed by atoms with Gasteiger partial charge in [-0.05, 0) is 63.0 Å². The quantitative estimate of drug-likeness (QED) is 0.179. The van der Waals surface area contributed by atoms with Gasteiger partial charge in [0.2, 0.25) is 12.7 Å². The summed E-state index contributed by atoms with van der Waals surface area (Å²) in [6.45, 7) is 2.13. The molecule has 18 heteroatoms. The zero-order valence-corrected chi connectivity index (χ0v) is 27.1. The fourth-order valence-corrected chi connectivity index (χ4v) is 5.25. The summed E-state index contributed by atoms with van der Waals surface area (Å²) in [5.41, 5.74) is -0.119. The van der Waals surface area contributed by atoms with Crippen molar-refractivity contribution in [2.24, 2.45) is 0 Å². The van der Waals surface area contributed by atoms with E-state index < -0.39 is 41.4 Å². The molecule has 1 aromatic heterocycles. The molecule has 3 amide bonds. The number of para-hydroxylation sites is 1. The lowest BCUT2D eigenvalue weighted by Gasteiger charge is -2.31. The van der Waals surface area contributed by atoms with Gasteiger partial charge in [0.05, 0.1) is 17.9 Å². The molecule has 2 aliphatic rings. The van der Waals surface area contributed by atoms with Crippen LogP contribution in [0, 0.1) is 18.6 Å². The minimum atomic E-state index is -5.45. The molecule has 3 heterocycles. The van der Waals surface area contributed by atoms with Gasteiger partial charge in [0.15, 0.2) is 17.3 Å². The highest BCUT2D eigenvalue weighted by atomic mass is 19.4. The third-order valence-corrected chi connectivity index (χ3v) is 7.74. The molecule has 4 aromatic rings. The van der Waals surface area contributed by atoms with E-state index in [2.05, 4.69) is 25.4 Å². The molecule has 0 spiro atoms. The number of fused-ring (bicyclic) bond motifs is 2. The van der Waals surface area contributed by atoms with Gasteiger partial charge in [0, 0.05) is 35.8 Å². The number of likely N-dealkylation sites (N-methyl/N-ethyl adjacent to an activating group) is 1. The van der Waals surface area contributed by atoms with Crippen molar-refractivity contribution in [2.45, 2.75) is 19.6 Å². The van der Waals surface area contributed by atoms with Crippen molar-refractivity contribution in [2.75, 3.05) is 49.3 Å². The molecule has 0 saturated heterocycles. The minimum Gasteiger partial charge on any atom is -0.454 e. The summed E-state index contributed by atoms with van der Waals surface area (Å²) in [6, 6.07) is 10.0. The van der Waals surface area contributed by atoms with Gasteiger partial charge < -0.3 is 29.8 Å². The van der Waals surface area contributed by atoms with E-state index in [1.54, 1.807) is 6.92 Å². The highest BCUT2D eigenvalue weighted by molar-refractivity contribution is 6.07. The molecule has 266 valence electrons. The van der Waals surface area contributed by atoms with Gasteiger partial charge in [-0.25, -0.2) is 28.3 Å². The maximum absolute atomic E-state index is 15.1. The molecular weight excluding hydrogens is 685 g/mol. The number of hydrogen-bond donors (Lipinski definition) is 2. The topological polar surface area (TPSA) is 138 Å². The van der Waals surface area contributed by atoms with E-state index in [0.717, 1.165) is 23.1 Å². The Morgan fingerprint density at radius 1 is 1.02 bits per heavy atom. The van der Waals surface area contributed by atoms with Crippen LogP contribution in [0.5, 0.6) is 11.5 Å². The lowest BCUT2D eigenvalue weighted by Crippen LogP contribution is -2.43. The van der Waals surface area contributed by atoms with Crippen LogP contribution in [0.15, 0.2) is 54.6 Å². The highest BCUT2D eigenvalue weighted by Crippen LogP contribution is 2.40. The number of alkyl halides is 3. The number of ether oxygens (including phenoxy) is 2. The number of nitrogens with one attached hydrogen (secondary N) is 2. The smallest absolute Gasteiger partial charge is 0.454 e. The molecule has 2 N–H and O–H groups in total. The fraction of sp³-hybridized carbons (Fsp3) is 0.242. The van der Waals surface area contributed by atoms with Gasteiger partial charge in [-0.2, -0.15) is 18.2 Å². The minimum absolute atomic E-state index is 0.0285. The Hall–Kier alpha value is -6.04. The van der Waals surface area contributed by atoms with Crippen molar-refractivity contribution in [1.29, 1.82) is 0 Å². The van der Waals surface area contributed by atoms with Crippen molar-refractivity contribution >= 4 is 41.0 Å². The average Bonchev–Trinajstić information content (AvgIpc) is 3.55. The number of rotatable bonds is 8. The highest BCUT2D eigenvalue weighted by Gasteiger charge is 2.44. The fourth-order valence-electron chi connectivity index (χ4n) is 5.25. The van der Waals surface area contributed by atoms with E-state index in [0.29, 0.717) is 18.7 Å². The monoisotopic (exact) mass is 713 g/mol. The number of hydrogen-bond acceptors (Lipinski definition) is 10. The number of nitrogens with zero attached hydrogens (tertiary/aromatic N) is 5. The first-order valence-electron chi connectivity index (χ1n) is 15.2. The van der Waals surface area contributed by atoms with Gasteiger partial charge in [-0.3, -0.25) is 4.79 Å². The maximum Gasteiger partial charge on any atom is 0.493 e. The summed E-state index contributed by atoms with van der Waals surface area (Å²) >= 11 is 0. The van der Waals surface area contributed by atoms with Gasteiger partial charge in [-0.15, -0.1) is 5.06 Å². The standard InChI is InChI=1S/C33H28F5N7O6/c1-17-7-8-18(29(46)45(51-30(47)33(36,37)38)19-9-10-24-25(14-19)50-16-49-24)13-20(17)26-21-15-40-32(48)44(27-22(34)5-4-6-23(27)35)28(21)42-31(41-26)39-11-12-43(2)3/h4-10,13-14H,11-12,15-16H2,1-3H3,(H,40,48)(H,39,41,42). The molecule has 0 aliphatic carbocycles. The molecule has 0 radical (unpaired) electrons. The van der Waals surface area contributed by atoms with E-state index in [4.69, 9.17) is 9.47 Å². The van der Waals surface area contributed by atoms with Crippen LogP contribution in [0.4, 0.5) is 49.9 Å². The number of benzene rings is 3. The predicted octanol–water partition coefficient (Wildman–Crippen LogP) is 5.46. The number of halogens is 5. The molecule has 51 heavy (non-hydrogen) atoms. The molecule has 0 unspecified atom stereocenters. The van der Waals surface area contributed by atoms with Crippen LogP contribution in [0.25, 0.3) is 11.3 Å². The number of anilines is 4. The van der Waals surface area contributed by atoms with Crippen LogP contribution in [-0.2, 0) is 16.2 Å². The number of carbonyl (C=O) groups excluding carboxylic acids is 3. The second-order valence-corrected chi connectivity index (χ2v) is 11.5. The molecule has 0 saturated carbocycles. The molecule has 0 atom stereocenters. The summed E-state index contributed by atoms with van der Waals surface area (Å²) in [5, 5.41) is 5.78. The zero-order chi connectivity index (χ0) is 36.6. The lowest BCUT2D eigenvalue weighted by molar-refractivity contribution is -0.199. The van der Waals surface area contributed by atoms with E-state index in [1.165, 1.54) is 36.4 Å². The number of hydroxylamine groups is 1. The molecule has 6 rings (SSSR count). The van der Waals surface area contributed by atoms with Crippen LogP contribution in [-0.4, -0.2) is 72.9 Å². The summed E-state index contributed by atoms with van der Waals surface area (Å²) in [5.74, 6) is -5.75. The van der Waals surface area contributed by atoms with Gasteiger partial charge in [-0.1, -0.05) is 12.1 Å². The summed E-state index contributed by atoms with van der Waals surface area (Å²) in [4.78, 5) is 55.4. The van der Waals surface area contributed by atoms with Crippen molar-refractivity contribution < 1.29 is 50.6 Å². The second kappa shape index (κ2) is 13.7. The van der Waals surface area contributed by atoms with Crippen LogP contribution in [0.2, 0.25) is 0 Å². The molecule has 3 aromatic carbocycles. The van der Waals surface area contributed by atoms with Crippen LogP contribution < -0.4 is 30.1 Å². The number of urea groups is 1. The molecular formula is C33H28F5N7O6. The molecule has 0 fully saturated rings. The van der Waals surface area contributed by atoms with Gasteiger partial charge >= 0.3 is 18.2 Å². The third-order valence-electron chi connectivity index (χ3n) is 7.74. The van der Waals surface area contributed by atoms with Crippen LogP contribution >= 0.6 is 0 Å². The third kappa shape index (κ3) is 7.03. The Labute approximate surface area is 286 Å². The summed E-state index contributed by atoms with van der Waals surface area (Å²) in [7, 11) is 3.66. The van der Waals surface area contributed by atoms with E-state index >= 15 is 8.78 Å². The number of aryl methyl sites for hydroxylation is 1. The normalized spacial score (nSPS) is 13.5. The van der Waals surface area contributed by atoms with Crippen LogP contribution in [0.1, 0.15) is 21.5 Å². The first-order valence-corrected chi connectivity index (χ1v) is 15.2. The Kier molecular flexibility index (Phi) is 9.35. The first-order chi connectivity index (χ1) is 24.2. The molecule has 2 aliphatic heterocycles. The van der Waals surface area contributed by atoms with Crippen molar-refractivity contribution in [3.05, 3.63) is 82.9 Å². The Bertz CT molecular complexity index is 2020. The Balaban J connectivity index is 1.48. The van der Waals surface area contributed by atoms with Crippen molar-refractivity contribution in [3.8, 4) is 22.8 Å². The van der Waals surface area contributed by atoms with Crippen molar-refractivity contribution in [3.63, 3.8) is 0 Å². The van der Waals surface area contributed by atoms with Crippen LogP contribution in [0.3, 0.4) is 0 Å². The first kappa shape index (κ1) is 34.8. The number of amides is 3. The largest absolute Gasteiger partial charge is 0.493 e. The van der Waals surface area contributed by atoms with Gasteiger partial charge in [0.25, 0.3) is 5.91 Å². The Morgan fingerprint density at radius 3 is 2.45 bits per heavy atom. The van der Waals surface area contributed by atoms with E-state index in [1.807, 2.05) is 19.0 Å². The van der Waals surface area contributed by atoms with E-state index in [-0.39, 0.29) is 69.7 Å². The predicted molar refractivity (Wildman–Crippen MR) is 172 cm³/mol. The number of aromatic nitrogens is 2. The number of carbonyl (C=O) groups is 3. The Morgan fingerprint density at radius 2 is 1.75 bits per heavy atom. The van der Waals surface area contributed by atoms with E-state index in [9.17, 15) is 27.6 Å². The van der Waals surface area contributed by atoms with Gasteiger partial charge in [0.1, 0.15) is 17.3 Å². The molecule has 0 bridgehead atoms.